The fraction of sp³-hybridized carbons (Fsp3) is 0.217. The summed E-state index contributed by atoms with van der Waals surface area (Å²) in [5.41, 5.74) is 0.348. The minimum absolute atomic E-state index is 0.000219. The third-order valence-electron chi connectivity index (χ3n) is 5.17. The topological polar surface area (TPSA) is 110 Å². The van der Waals surface area contributed by atoms with Crippen molar-refractivity contribution in [3.05, 3.63) is 54.1 Å². The van der Waals surface area contributed by atoms with Crippen molar-refractivity contribution < 1.29 is 36.9 Å². The summed E-state index contributed by atoms with van der Waals surface area (Å²) in [7, 11) is 5.65. The quantitative estimate of drug-likeness (QED) is 0.401. The molecule has 10 nitrogen and oxygen atoms in total. The molecule has 0 aliphatic heterocycles. The third kappa shape index (κ3) is 4.54. The second-order valence-electron chi connectivity index (χ2n) is 7.24. The third-order valence-corrected chi connectivity index (χ3v) is 5.17. The molecule has 0 spiro atoms. The highest BCUT2D eigenvalue weighted by atomic mass is 19.4. The van der Waals surface area contributed by atoms with Crippen LogP contribution in [0.15, 0.2) is 42.7 Å². The Morgan fingerprint density at radius 1 is 0.889 bits per heavy atom. The molecule has 188 valence electrons. The normalized spacial score (nSPS) is 11.3. The predicted molar refractivity (Wildman–Crippen MR) is 122 cm³/mol. The van der Waals surface area contributed by atoms with Gasteiger partial charge in [-0.2, -0.15) is 13.2 Å². The van der Waals surface area contributed by atoms with Crippen LogP contribution < -0.4 is 24.3 Å². The van der Waals surface area contributed by atoms with Gasteiger partial charge >= 0.3 is 6.18 Å². The zero-order valence-electron chi connectivity index (χ0n) is 19.5. The van der Waals surface area contributed by atoms with Gasteiger partial charge in [0.2, 0.25) is 5.82 Å². The monoisotopic (exact) mass is 503 g/mol. The number of alkyl halides is 3. The van der Waals surface area contributed by atoms with Crippen LogP contribution in [0.5, 0.6) is 23.0 Å². The summed E-state index contributed by atoms with van der Waals surface area (Å²) in [5, 5.41) is 2.54. The smallest absolute Gasteiger partial charge is 0.450 e. The molecule has 1 N–H and O–H groups in total. The number of benzene rings is 2. The van der Waals surface area contributed by atoms with Gasteiger partial charge in [0.25, 0.3) is 5.91 Å². The Morgan fingerprint density at radius 2 is 1.58 bits per heavy atom. The Bertz CT molecular complexity index is 1420. The van der Waals surface area contributed by atoms with Gasteiger partial charge in [0, 0.05) is 18.2 Å². The van der Waals surface area contributed by atoms with E-state index in [1.54, 1.807) is 0 Å². The van der Waals surface area contributed by atoms with E-state index in [0.717, 1.165) is 17.0 Å². The number of nitrogens with zero attached hydrogens (tertiary/aromatic N) is 4. The van der Waals surface area contributed by atoms with E-state index >= 15 is 0 Å². The lowest BCUT2D eigenvalue weighted by molar-refractivity contribution is -0.145. The number of hydrogen-bond donors (Lipinski definition) is 1. The van der Waals surface area contributed by atoms with Crippen LogP contribution in [0.1, 0.15) is 16.2 Å². The molecule has 4 aromatic rings. The van der Waals surface area contributed by atoms with Crippen LogP contribution in [-0.4, -0.2) is 53.9 Å². The molecule has 0 atom stereocenters. The van der Waals surface area contributed by atoms with Crippen molar-refractivity contribution in [1.82, 2.24) is 19.5 Å². The van der Waals surface area contributed by atoms with E-state index in [2.05, 4.69) is 20.3 Å². The lowest BCUT2D eigenvalue weighted by atomic mass is 10.1. The molecule has 0 saturated heterocycles. The number of nitrogens with one attached hydrogen (secondary N) is 1. The number of ether oxygens (including phenoxy) is 4. The van der Waals surface area contributed by atoms with Crippen molar-refractivity contribution in [1.29, 1.82) is 0 Å². The highest BCUT2D eigenvalue weighted by Crippen LogP contribution is 2.36. The molecule has 0 radical (unpaired) electrons. The highest BCUT2D eigenvalue weighted by molar-refractivity contribution is 6.06. The second kappa shape index (κ2) is 9.60. The summed E-state index contributed by atoms with van der Waals surface area (Å²) >= 11 is 0. The van der Waals surface area contributed by atoms with Crippen molar-refractivity contribution in [2.45, 2.75) is 6.18 Å². The van der Waals surface area contributed by atoms with Crippen molar-refractivity contribution >= 4 is 22.8 Å². The number of carbonyl (C=O) groups excluding carboxylic acids is 1. The number of carbonyl (C=O) groups is 1. The largest absolute Gasteiger partial charge is 0.497 e. The van der Waals surface area contributed by atoms with Crippen molar-refractivity contribution in [2.75, 3.05) is 33.8 Å². The van der Waals surface area contributed by atoms with Crippen LogP contribution in [-0.2, 0) is 6.18 Å². The molecular formula is C23H20F3N5O5. The highest BCUT2D eigenvalue weighted by Gasteiger charge is 2.38. The number of rotatable bonds is 7. The lowest BCUT2D eigenvalue weighted by Gasteiger charge is -2.14. The second-order valence-corrected chi connectivity index (χ2v) is 7.24. The van der Waals surface area contributed by atoms with Gasteiger partial charge in [-0.3, -0.25) is 9.36 Å². The van der Waals surface area contributed by atoms with E-state index in [1.807, 2.05) is 0 Å². The maximum atomic E-state index is 13.7. The molecule has 1 amide bonds. The maximum Gasteiger partial charge on any atom is 0.450 e. The zero-order valence-corrected chi connectivity index (χ0v) is 19.5. The van der Waals surface area contributed by atoms with Gasteiger partial charge in [0.15, 0.2) is 23.1 Å². The molecule has 0 saturated carbocycles. The average Bonchev–Trinajstić information content (AvgIpc) is 3.27. The summed E-state index contributed by atoms with van der Waals surface area (Å²) < 4.78 is 62.8. The van der Waals surface area contributed by atoms with E-state index in [4.69, 9.17) is 18.9 Å². The first-order chi connectivity index (χ1) is 17.2. The molecular weight excluding hydrogens is 483 g/mol. The Balaban J connectivity index is 1.68. The van der Waals surface area contributed by atoms with Crippen molar-refractivity contribution in [3.63, 3.8) is 0 Å². The molecule has 2 aromatic heterocycles. The molecule has 0 bridgehead atoms. The molecule has 36 heavy (non-hydrogen) atoms. The summed E-state index contributed by atoms with van der Waals surface area (Å²) in [4.78, 5) is 24.7. The molecule has 2 aromatic carbocycles. The Hall–Kier alpha value is -4.55. The van der Waals surface area contributed by atoms with Gasteiger partial charge < -0.3 is 24.3 Å². The van der Waals surface area contributed by atoms with Crippen LogP contribution in [0.4, 0.5) is 19.0 Å². The van der Waals surface area contributed by atoms with Gasteiger partial charge in [-0.15, -0.1) is 0 Å². The van der Waals surface area contributed by atoms with Crippen LogP contribution in [0.2, 0.25) is 0 Å². The van der Waals surface area contributed by atoms with Gasteiger partial charge in [-0.1, -0.05) is 0 Å². The number of methoxy groups -OCH3 is 4. The Labute approximate surface area is 202 Å². The Kier molecular flexibility index (Phi) is 6.55. The summed E-state index contributed by atoms with van der Waals surface area (Å²) in [6, 6.07) is 7.26. The van der Waals surface area contributed by atoms with Gasteiger partial charge in [0.1, 0.15) is 11.5 Å². The minimum Gasteiger partial charge on any atom is -0.497 e. The minimum atomic E-state index is -4.76. The number of halogens is 3. The van der Waals surface area contributed by atoms with Gasteiger partial charge in [-0.05, 0) is 12.1 Å². The lowest BCUT2D eigenvalue weighted by Crippen LogP contribution is -2.16. The van der Waals surface area contributed by atoms with Crippen molar-refractivity contribution in [2.24, 2.45) is 0 Å². The molecule has 0 aliphatic carbocycles. The first-order valence-electron chi connectivity index (χ1n) is 10.3. The van der Waals surface area contributed by atoms with Crippen molar-refractivity contribution in [3.8, 4) is 28.8 Å². The van der Waals surface area contributed by atoms with Gasteiger partial charge in [0.05, 0.1) is 57.4 Å². The molecule has 4 rings (SSSR count). The fourth-order valence-corrected chi connectivity index (χ4v) is 3.50. The van der Waals surface area contributed by atoms with E-state index in [9.17, 15) is 18.0 Å². The molecule has 0 fully saturated rings. The van der Waals surface area contributed by atoms with E-state index in [1.165, 1.54) is 58.8 Å². The molecule has 2 heterocycles. The standard InChI is InChI=1S/C23H20F3N5O5/c1-33-12-5-6-15-14(7-12)29-22(23(24,25)26)31(15)20-11-27-19(10-28-20)30-21(32)13-8-17(35-3)18(36-4)9-16(13)34-2/h5-11H,1-4H3,(H,27,30,32). The number of anilines is 1. The predicted octanol–water partition coefficient (Wildman–Crippen LogP) is 4.12. The number of amides is 1. The van der Waals surface area contributed by atoms with Crippen LogP contribution >= 0.6 is 0 Å². The number of imidazole rings is 1. The van der Waals surface area contributed by atoms with Crippen LogP contribution in [0, 0.1) is 0 Å². The first kappa shape index (κ1) is 24.6. The summed E-state index contributed by atoms with van der Waals surface area (Å²) in [5.74, 6) is -0.691. The maximum absolute atomic E-state index is 13.7. The van der Waals surface area contributed by atoms with E-state index in [0.29, 0.717) is 17.2 Å². The summed E-state index contributed by atoms with van der Waals surface area (Å²) in [6.45, 7) is 0. The first-order valence-corrected chi connectivity index (χ1v) is 10.3. The average molecular weight is 503 g/mol. The number of hydrogen-bond acceptors (Lipinski definition) is 8. The van der Waals surface area contributed by atoms with Gasteiger partial charge in [-0.25, -0.2) is 15.0 Å². The fourth-order valence-electron chi connectivity index (χ4n) is 3.50. The molecule has 0 unspecified atom stereocenters. The SMILES string of the molecule is COc1ccc2c(c1)nc(C(F)(F)F)n2-c1cnc(NC(=O)c2cc(OC)c(OC)cc2OC)cn1. The van der Waals surface area contributed by atoms with E-state index in [-0.39, 0.29) is 34.0 Å². The molecule has 0 aliphatic rings. The van der Waals surface area contributed by atoms with E-state index < -0.39 is 17.9 Å². The summed E-state index contributed by atoms with van der Waals surface area (Å²) in [6.07, 6.45) is -2.52. The zero-order chi connectivity index (χ0) is 26.0. The molecule has 13 heteroatoms. The van der Waals surface area contributed by atoms with Crippen LogP contribution in [0.25, 0.3) is 16.9 Å². The Morgan fingerprint density at radius 3 is 2.17 bits per heavy atom. The van der Waals surface area contributed by atoms with Crippen LogP contribution in [0.3, 0.4) is 0 Å². The number of aromatic nitrogens is 4. The number of fused-ring (bicyclic) bond motifs is 1.